The molecular formula is C16H15F3N2OS. The minimum atomic E-state index is -4.33. The number of anilines is 1. The summed E-state index contributed by atoms with van der Waals surface area (Å²) in [5.41, 5.74) is 0.908. The maximum atomic E-state index is 12.5. The van der Waals surface area contributed by atoms with Crippen molar-refractivity contribution in [1.29, 1.82) is 0 Å². The summed E-state index contributed by atoms with van der Waals surface area (Å²) < 4.78 is 37.6. The number of hydrogen-bond donors (Lipinski definition) is 2. The molecule has 0 bridgehead atoms. The second-order valence-electron chi connectivity index (χ2n) is 4.81. The lowest BCUT2D eigenvalue weighted by Crippen LogP contribution is -2.24. The molecule has 0 atom stereocenters. The molecule has 0 saturated carbocycles. The molecule has 2 amide bonds. The van der Waals surface area contributed by atoms with Gasteiger partial charge in [-0.05, 0) is 55.0 Å². The molecule has 2 aromatic carbocycles. The highest BCUT2D eigenvalue weighted by Crippen LogP contribution is 2.34. The molecule has 0 aliphatic rings. The molecule has 2 rings (SSSR count). The van der Waals surface area contributed by atoms with Crippen molar-refractivity contribution in [3.63, 3.8) is 0 Å². The Labute approximate surface area is 136 Å². The van der Waals surface area contributed by atoms with Crippen molar-refractivity contribution in [2.75, 3.05) is 12.4 Å². The maximum Gasteiger partial charge on any atom is 0.416 e. The fourth-order valence-corrected chi connectivity index (χ4v) is 2.76. The zero-order valence-electron chi connectivity index (χ0n) is 12.5. The SMILES string of the molecule is CNC(=O)Nc1ccc(Sc2ccc(C(F)(F)F)cc2)c(C)c1. The van der Waals surface area contributed by atoms with Crippen molar-refractivity contribution < 1.29 is 18.0 Å². The zero-order chi connectivity index (χ0) is 17.0. The normalized spacial score (nSPS) is 11.2. The summed E-state index contributed by atoms with van der Waals surface area (Å²) in [6.07, 6.45) is -4.33. The highest BCUT2D eigenvalue weighted by molar-refractivity contribution is 7.99. The van der Waals surface area contributed by atoms with Crippen molar-refractivity contribution >= 4 is 23.5 Å². The quantitative estimate of drug-likeness (QED) is 0.833. The Morgan fingerprint density at radius 3 is 2.26 bits per heavy atom. The second-order valence-corrected chi connectivity index (χ2v) is 5.92. The van der Waals surface area contributed by atoms with Gasteiger partial charge in [-0.3, -0.25) is 0 Å². The summed E-state index contributed by atoms with van der Waals surface area (Å²) in [6, 6.07) is 10.1. The number of nitrogens with one attached hydrogen (secondary N) is 2. The minimum absolute atomic E-state index is 0.312. The molecule has 2 N–H and O–H groups in total. The van der Waals surface area contributed by atoms with Crippen LogP contribution in [0, 0.1) is 6.92 Å². The Balaban J connectivity index is 2.12. The summed E-state index contributed by atoms with van der Waals surface area (Å²) in [5, 5.41) is 5.12. The third-order valence-electron chi connectivity index (χ3n) is 3.07. The van der Waals surface area contributed by atoms with Crippen LogP contribution in [0.4, 0.5) is 23.7 Å². The molecule has 2 aromatic rings. The van der Waals surface area contributed by atoms with E-state index in [1.165, 1.54) is 30.9 Å². The number of carbonyl (C=O) groups is 1. The van der Waals surface area contributed by atoms with Gasteiger partial charge in [-0.2, -0.15) is 13.2 Å². The highest BCUT2D eigenvalue weighted by Gasteiger charge is 2.29. The predicted octanol–water partition coefficient (Wildman–Crippen LogP) is 4.92. The maximum absolute atomic E-state index is 12.5. The van der Waals surface area contributed by atoms with Crippen LogP contribution in [-0.4, -0.2) is 13.1 Å². The van der Waals surface area contributed by atoms with Crippen molar-refractivity contribution in [3.05, 3.63) is 53.6 Å². The van der Waals surface area contributed by atoms with E-state index in [-0.39, 0.29) is 6.03 Å². The lowest BCUT2D eigenvalue weighted by atomic mass is 10.2. The molecule has 122 valence electrons. The number of rotatable bonds is 3. The van der Waals surface area contributed by atoms with Crippen LogP contribution in [0.15, 0.2) is 52.3 Å². The van der Waals surface area contributed by atoms with Crippen LogP contribution in [0.2, 0.25) is 0 Å². The predicted molar refractivity (Wildman–Crippen MR) is 84.8 cm³/mol. The molecule has 0 aliphatic carbocycles. The van der Waals surface area contributed by atoms with Gasteiger partial charge < -0.3 is 10.6 Å². The Kier molecular flexibility index (Phi) is 5.20. The first kappa shape index (κ1) is 17.2. The third kappa shape index (κ3) is 4.66. The third-order valence-corrected chi connectivity index (χ3v) is 4.26. The number of hydrogen-bond acceptors (Lipinski definition) is 2. The van der Waals surface area contributed by atoms with Crippen molar-refractivity contribution in [2.24, 2.45) is 0 Å². The van der Waals surface area contributed by atoms with E-state index in [9.17, 15) is 18.0 Å². The molecule has 3 nitrogen and oxygen atoms in total. The summed E-state index contributed by atoms with van der Waals surface area (Å²) in [4.78, 5) is 12.9. The zero-order valence-corrected chi connectivity index (χ0v) is 13.3. The average Bonchev–Trinajstić information content (AvgIpc) is 2.49. The van der Waals surface area contributed by atoms with Crippen molar-refractivity contribution in [1.82, 2.24) is 5.32 Å². The summed E-state index contributed by atoms with van der Waals surface area (Å²) in [7, 11) is 1.52. The molecule has 7 heteroatoms. The number of urea groups is 1. The van der Waals surface area contributed by atoms with Crippen LogP contribution >= 0.6 is 11.8 Å². The minimum Gasteiger partial charge on any atom is -0.341 e. The first-order valence-corrected chi connectivity index (χ1v) is 7.56. The van der Waals surface area contributed by atoms with E-state index < -0.39 is 11.7 Å². The number of benzene rings is 2. The van der Waals surface area contributed by atoms with Crippen LogP contribution in [0.3, 0.4) is 0 Å². The van der Waals surface area contributed by atoms with Gasteiger partial charge in [-0.25, -0.2) is 4.79 Å². The molecule has 0 spiro atoms. The van der Waals surface area contributed by atoms with Crippen LogP contribution in [-0.2, 0) is 6.18 Å². The van der Waals surface area contributed by atoms with Crippen molar-refractivity contribution in [2.45, 2.75) is 22.9 Å². The smallest absolute Gasteiger partial charge is 0.341 e. The molecule has 0 saturated heterocycles. The molecular weight excluding hydrogens is 325 g/mol. The van der Waals surface area contributed by atoms with Gasteiger partial charge in [-0.1, -0.05) is 11.8 Å². The Hall–Kier alpha value is -2.15. The molecule has 0 unspecified atom stereocenters. The fourth-order valence-electron chi connectivity index (χ4n) is 1.87. The summed E-state index contributed by atoms with van der Waals surface area (Å²) in [6.45, 7) is 1.88. The average molecular weight is 340 g/mol. The van der Waals surface area contributed by atoms with Gasteiger partial charge in [0.2, 0.25) is 0 Å². The van der Waals surface area contributed by atoms with Gasteiger partial charge in [0.15, 0.2) is 0 Å². The number of aryl methyl sites for hydroxylation is 1. The lowest BCUT2D eigenvalue weighted by Gasteiger charge is -2.10. The van der Waals surface area contributed by atoms with Gasteiger partial charge in [0.25, 0.3) is 0 Å². The molecule has 23 heavy (non-hydrogen) atoms. The van der Waals surface area contributed by atoms with Crippen LogP contribution in [0.5, 0.6) is 0 Å². The topological polar surface area (TPSA) is 41.1 Å². The fraction of sp³-hybridized carbons (Fsp3) is 0.188. The van der Waals surface area contributed by atoms with Gasteiger partial charge in [0, 0.05) is 22.5 Å². The second kappa shape index (κ2) is 6.95. The van der Waals surface area contributed by atoms with Gasteiger partial charge >= 0.3 is 12.2 Å². The van der Waals surface area contributed by atoms with E-state index in [1.54, 1.807) is 6.07 Å². The highest BCUT2D eigenvalue weighted by atomic mass is 32.2. The van der Waals surface area contributed by atoms with E-state index in [4.69, 9.17) is 0 Å². The number of halogens is 3. The van der Waals surface area contributed by atoms with Crippen LogP contribution in [0.25, 0.3) is 0 Å². The van der Waals surface area contributed by atoms with E-state index in [0.29, 0.717) is 10.6 Å². The number of amides is 2. The van der Waals surface area contributed by atoms with Gasteiger partial charge in [0.1, 0.15) is 0 Å². The van der Waals surface area contributed by atoms with E-state index in [2.05, 4.69) is 10.6 Å². The molecule has 0 aliphatic heterocycles. The Morgan fingerprint density at radius 1 is 1.09 bits per heavy atom. The Bertz CT molecular complexity index is 699. The number of carbonyl (C=O) groups excluding carboxylic acids is 1. The summed E-state index contributed by atoms with van der Waals surface area (Å²) in [5.74, 6) is 0. The molecule has 0 fully saturated rings. The van der Waals surface area contributed by atoms with E-state index in [0.717, 1.165) is 22.6 Å². The van der Waals surface area contributed by atoms with Crippen molar-refractivity contribution in [3.8, 4) is 0 Å². The van der Waals surface area contributed by atoms with Crippen LogP contribution < -0.4 is 10.6 Å². The van der Waals surface area contributed by atoms with Crippen LogP contribution in [0.1, 0.15) is 11.1 Å². The summed E-state index contributed by atoms with van der Waals surface area (Å²) >= 11 is 1.37. The molecule has 0 radical (unpaired) electrons. The largest absolute Gasteiger partial charge is 0.416 e. The van der Waals surface area contributed by atoms with Gasteiger partial charge in [0.05, 0.1) is 5.56 Å². The van der Waals surface area contributed by atoms with Gasteiger partial charge in [-0.15, -0.1) is 0 Å². The first-order chi connectivity index (χ1) is 10.8. The first-order valence-electron chi connectivity index (χ1n) is 6.74. The monoisotopic (exact) mass is 340 g/mol. The van der Waals surface area contributed by atoms with E-state index in [1.807, 2.05) is 19.1 Å². The number of alkyl halides is 3. The standard InChI is InChI=1S/C16H15F3N2OS/c1-10-9-12(21-15(22)20-2)5-8-14(10)23-13-6-3-11(4-7-13)16(17,18)19/h3-9H,1-2H3,(H2,20,21,22). The molecule has 0 aromatic heterocycles. The lowest BCUT2D eigenvalue weighted by molar-refractivity contribution is -0.137. The Morgan fingerprint density at radius 2 is 1.74 bits per heavy atom. The molecule has 0 heterocycles. The van der Waals surface area contributed by atoms with E-state index >= 15 is 0 Å².